The summed E-state index contributed by atoms with van der Waals surface area (Å²) < 4.78 is 2.80. The normalized spacial score (nSPS) is 26.1. The van der Waals surface area contributed by atoms with Crippen molar-refractivity contribution in [3.05, 3.63) is 38.9 Å². The van der Waals surface area contributed by atoms with Crippen molar-refractivity contribution in [2.24, 2.45) is 11.3 Å². The molecule has 2 aromatic rings. The van der Waals surface area contributed by atoms with Gasteiger partial charge in [-0.25, -0.2) is 14.5 Å². The van der Waals surface area contributed by atoms with Crippen LogP contribution in [0.1, 0.15) is 35.1 Å². The number of carboxylic acids is 1. The summed E-state index contributed by atoms with van der Waals surface area (Å²) in [6.07, 6.45) is 4.63. The Hall–Kier alpha value is -1.44. The molecule has 2 heterocycles. The first kappa shape index (κ1) is 13.2. The van der Waals surface area contributed by atoms with Gasteiger partial charge in [0.15, 0.2) is 11.5 Å². The van der Waals surface area contributed by atoms with Crippen LogP contribution >= 0.6 is 22.6 Å². The summed E-state index contributed by atoms with van der Waals surface area (Å²) in [6.45, 7) is 2.28. The van der Waals surface area contributed by atoms with Crippen LogP contribution in [0.4, 0.5) is 0 Å². The molecule has 2 aliphatic rings. The van der Waals surface area contributed by atoms with Crippen LogP contribution in [0, 0.1) is 14.9 Å². The van der Waals surface area contributed by atoms with Crippen LogP contribution in [-0.4, -0.2) is 25.8 Å². The summed E-state index contributed by atoms with van der Waals surface area (Å²) in [7, 11) is 0. The maximum atomic E-state index is 11.5. The van der Waals surface area contributed by atoms with Gasteiger partial charge in [-0.15, -0.1) is 0 Å². The van der Waals surface area contributed by atoms with Gasteiger partial charge in [0.05, 0.1) is 5.69 Å². The van der Waals surface area contributed by atoms with E-state index in [1.54, 1.807) is 10.9 Å². The highest BCUT2D eigenvalue weighted by atomic mass is 127. The molecule has 4 rings (SSSR count). The number of aromatic nitrogens is 3. The first-order valence-corrected chi connectivity index (χ1v) is 8.02. The predicted octanol–water partition coefficient (Wildman–Crippen LogP) is 2.69. The van der Waals surface area contributed by atoms with Crippen molar-refractivity contribution in [3.63, 3.8) is 0 Å². The van der Waals surface area contributed by atoms with Crippen LogP contribution in [0.2, 0.25) is 0 Å². The van der Waals surface area contributed by atoms with Gasteiger partial charge in [-0.05, 0) is 65.3 Å². The minimum absolute atomic E-state index is 0.194. The summed E-state index contributed by atoms with van der Waals surface area (Å²) in [5.74, 6) is 0.373. The van der Waals surface area contributed by atoms with Gasteiger partial charge < -0.3 is 5.11 Å². The summed E-state index contributed by atoms with van der Waals surface area (Å²) in [5.41, 5.74) is 2.45. The molecule has 2 atom stereocenters. The second-order valence-corrected chi connectivity index (χ2v) is 7.50. The molecule has 0 unspecified atom stereocenters. The second-order valence-electron chi connectivity index (χ2n) is 6.26. The van der Waals surface area contributed by atoms with E-state index in [-0.39, 0.29) is 5.69 Å². The molecule has 1 saturated carbocycles. The van der Waals surface area contributed by atoms with Gasteiger partial charge in [-0.1, -0.05) is 6.92 Å². The summed E-state index contributed by atoms with van der Waals surface area (Å²) in [5, 5.41) is 13.8. The van der Waals surface area contributed by atoms with E-state index >= 15 is 0 Å². The Morgan fingerprint density at radius 3 is 3.10 bits per heavy atom. The molecule has 0 saturated heterocycles. The lowest BCUT2D eigenvalue weighted by atomic mass is 9.87. The van der Waals surface area contributed by atoms with Gasteiger partial charge in [-0.2, -0.15) is 5.10 Å². The molecule has 2 aromatic heterocycles. The second kappa shape index (κ2) is 4.28. The third-order valence-electron chi connectivity index (χ3n) is 4.78. The Morgan fingerprint density at radius 2 is 2.38 bits per heavy atom. The summed E-state index contributed by atoms with van der Waals surface area (Å²) in [4.78, 5) is 15.8. The van der Waals surface area contributed by atoms with Crippen molar-refractivity contribution >= 4 is 28.6 Å². The lowest BCUT2D eigenvalue weighted by Gasteiger charge is -2.19. The van der Waals surface area contributed by atoms with E-state index in [0.717, 1.165) is 27.7 Å². The molecule has 0 aliphatic heterocycles. The van der Waals surface area contributed by atoms with Gasteiger partial charge >= 0.3 is 5.97 Å². The fraction of sp³-hybridized carbons (Fsp3) is 0.400. The first-order valence-electron chi connectivity index (χ1n) is 6.94. The predicted molar refractivity (Wildman–Crippen MR) is 84.7 cm³/mol. The number of rotatable bonds is 2. The number of hydrogen-bond acceptors (Lipinski definition) is 3. The first-order chi connectivity index (χ1) is 9.98. The van der Waals surface area contributed by atoms with Crippen LogP contribution in [0.25, 0.3) is 5.82 Å². The van der Waals surface area contributed by atoms with Crippen molar-refractivity contribution in [2.75, 3.05) is 0 Å². The summed E-state index contributed by atoms with van der Waals surface area (Å²) >= 11 is 2.23. The standard InChI is InChI=1S/C15H14IN3O2/c1-15-6-8(15)4-10-11(7-15)19(18-13(10)14(20)21)12-5-9(16)2-3-17-12/h2-3,5,8H,4,6-7H2,1H3,(H,20,21)/t8-,15-/m1/s1. The maximum absolute atomic E-state index is 11.5. The Morgan fingerprint density at radius 1 is 1.57 bits per heavy atom. The molecular formula is C15H14IN3O2. The molecule has 6 heteroatoms. The van der Waals surface area contributed by atoms with E-state index in [2.05, 4.69) is 39.6 Å². The van der Waals surface area contributed by atoms with Gasteiger partial charge in [0.25, 0.3) is 0 Å². The fourth-order valence-electron chi connectivity index (χ4n) is 3.42. The van der Waals surface area contributed by atoms with Crippen LogP contribution in [-0.2, 0) is 12.8 Å². The minimum atomic E-state index is -0.945. The van der Waals surface area contributed by atoms with E-state index in [0.29, 0.717) is 17.2 Å². The van der Waals surface area contributed by atoms with E-state index < -0.39 is 5.97 Å². The Kier molecular flexibility index (Phi) is 2.70. The SMILES string of the molecule is C[C@@]12Cc3c(c(C(=O)O)nn3-c3cc(I)ccn3)C[C@@H]1C2. The van der Waals surface area contributed by atoms with Crippen LogP contribution < -0.4 is 0 Å². The Labute approximate surface area is 135 Å². The molecule has 0 amide bonds. The molecule has 21 heavy (non-hydrogen) atoms. The van der Waals surface area contributed by atoms with Crippen molar-refractivity contribution < 1.29 is 9.90 Å². The van der Waals surface area contributed by atoms with Crippen molar-refractivity contribution in [3.8, 4) is 5.82 Å². The van der Waals surface area contributed by atoms with E-state index in [1.807, 2.05) is 12.1 Å². The third kappa shape index (κ3) is 1.99. The molecule has 0 spiro atoms. The quantitative estimate of drug-likeness (QED) is 0.795. The highest BCUT2D eigenvalue weighted by Crippen LogP contribution is 2.59. The minimum Gasteiger partial charge on any atom is -0.476 e. The highest BCUT2D eigenvalue weighted by molar-refractivity contribution is 14.1. The van der Waals surface area contributed by atoms with Crippen molar-refractivity contribution in [1.82, 2.24) is 14.8 Å². The smallest absolute Gasteiger partial charge is 0.356 e. The number of aromatic carboxylic acids is 1. The van der Waals surface area contributed by atoms with E-state index in [9.17, 15) is 9.90 Å². The largest absolute Gasteiger partial charge is 0.476 e. The maximum Gasteiger partial charge on any atom is 0.356 e. The van der Waals surface area contributed by atoms with E-state index in [1.165, 1.54) is 6.42 Å². The average molecular weight is 395 g/mol. The molecule has 0 radical (unpaired) electrons. The van der Waals surface area contributed by atoms with Gasteiger partial charge in [0, 0.05) is 15.3 Å². The lowest BCUT2D eigenvalue weighted by Crippen LogP contribution is -2.17. The monoisotopic (exact) mass is 395 g/mol. The number of pyridine rings is 1. The zero-order valence-electron chi connectivity index (χ0n) is 11.5. The Balaban J connectivity index is 1.90. The zero-order valence-corrected chi connectivity index (χ0v) is 13.7. The molecule has 0 bridgehead atoms. The molecule has 2 aliphatic carbocycles. The number of fused-ring (bicyclic) bond motifs is 2. The Bertz CT molecular complexity index is 770. The molecular weight excluding hydrogens is 381 g/mol. The van der Waals surface area contributed by atoms with Gasteiger partial charge in [0.1, 0.15) is 0 Å². The van der Waals surface area contributed by atoms with Crippen molar-refractivity contribution in [2.45, 2.75) is 26.2 Å². The molecule has 1 N–H and O–H groups in total. The average Bonchev–Trinajstić information content (AvgIpc) is 2.94. The summed E-state index contributed by atoms with van der Waals surface area (Å²) in [6, 6.07) is 3.84. The highest BCUT2D eigenvalue weighted by Gasteiger charge is 2.54. The molecule has 5 nitrogen and oxygen atoms in total. The fourth-order valence-corrected chi connectivity index (χ4v) is 3.86. The van der Waals surface area contributed by atoms with Gasteiger partial charge in [-0.3, -0.25) is 0 Å². The van der Waals surface area contributed by atoms with Crippen molar-refractivity contribution in [1.29, 1.82) is 0 Å². The molecule has 0 aromatic carbocycles. The molecule has 108 valence electrons. The zero-order chi connectivity index (χ0) is 14.8. The number of nitrogens with zero attached hydrogens (tertiary/aromatic N) is 3. The van der Waals surface area contributed by atoms with E-state index in [4.69, 9.17) is 0 Å². The number of halogens is 1. The lowest BCUT2D eigenvalue weighted by molar-refractivity contribution is 0.0688. The topological polar surface area (TPSA) is 68.0 Å². The van der Waals surface area contributed by atoms with Crippen LogP contribution in [0.3, 0.4) is 0 Å². The van der Waals surface area contributed by atoms with Crippen LogP contribution in [0.5, 0.6) is 0 Å². The number of hydrogen-bond donors (Lipinski definition) is 1. The third-order valence-corrected chi connectivity index (χ3v) is 5.45. The number of carboxylic acid groups (broad SMARTS) is 1. The van der Waals surface area contributed by atoms with Gasteiger partial charge in [0.2, 0.25) is 0 Å². The van der Waals surface area contributed by atoms with Crippen LogP contribution in [0.15, 0.2) is 18.3 Å². The molecule has 1 fully saturated rings. The number of carbonyl (C=O) groups is 1.